The third kappa shape index (κ3) is 1.85. The van der Waals surface area contributed by atoms with Crippen molar-refractivity contribution in [2.75, 3.05) is 0 Å². The Bertz CT molecular complexity index is 776. The van der Waals surface area contributed by atoms with Gasteiger partial charge in [0.05, 0.1) is 11.2 Å². The first-order valence-corrected chi connectivity index (χ1v) is 5.85. The van der Waals surface area contributed by atoms with E-state index in [0.717, 1.165) is 27.7 Å². The number of aromatic amines is 1. The molecule has 19 heavy (non-hydrogen) atoms. The molecule has 0 saturated carbocycles. The van der Waals surface area contributed by atoms with Crippen LogP contribution in [0.15, 0.2) is 36.9 Å². The average Bonchev–Trinajstić information content (AvgIpc) is 2.85. The molecule has 94 valence electrons. The van der Waals surface area contributed by atoms with Crippen LogP contribution in [0.5, 0.6) is 0 Å². The quantitative estimate of drug-likeness (QED) is 0.731. The van der Waals surface area contributed by atoms with Gasteiger partial charge in [0.1, 0.15) is 0 Å². The molecule has 0 saturated heterocycles. The summed E-state index contributed by atoms with van der Waals surface area (Å²) in [5.74, 6) is -0.447. The largest absolute Gasteiger partial charge is 0.366 e. The number of fused-ring (bicyclic) bond motifs is 1. The number of nitrogens with one attached hydrogen (secondary N) is 1. The topological polar surface area (TPSA) is 84.7 Å². The predicted molar refractivity (Wildman–Crippen MR) is 72.6 cm³/mol. The van der Waals surface area contributed by atoms with Crippen LogP contribution in [0.25, 0.3) is 22.2 Å². The van der Waals surface area contributed by atoms with E-state index >= 15 is 0 Å². The summed E-state index contributed by atoms with van der Waals surface area (Å²) >= 11 is 0. The van der Waals surface area contributed by atoms with Crippen molar-refractivity contribution >= 4 is 16.8 Å². The number of H-pyrrole nitrogens is 1. The Morgan fingerprint density at radius 2 is 2.16 bits per heavy atom. The molecule has 5 nitrogen and oxygen atoms in total. The highest BCUT2D eigenvalue weighted by Crippen LogP contribution is 2.25. The fourth-order valence-corrected chi connectivity index (χ4v) is 2.16. The summed E-state index contributed by atoms with van der Waals surface area (Å²) in [6, 6.07) is 3.61. The molecular formula is C14H12N4O. The molecule has 3 aromatic heterocycles. The van der Waals surface area contributed by atoms with Gasteiger partial charge in [-0.1, -0.05) is 0 Å². The lowest BCUT2D eigenvalue weighted by Gasteiger charge is -2.08. The molecule has 3 heterocycles. The lowest BCUT2D eigenvalue weighted by Crippen LogP contribution is -2.13. The minimum Gasteiger partial charge on any atom is -0.366 e. The van der Waals surface area contributed by atoms with Gasteiger partial charge < -0.3 is 10.7 Å². The van der Waals surface area contributed by atoms with Gasteiger partial charge in [0, 0.05) is 41.3 Å². The van der Waals surface area contributed by atoms with Crippen LogP contribution in [0, 0.1) is 6.92 Å². The third-order valence-electron chi connectivity index (χ3n) is 3.15. The van der Waals surface area contributed by atoms with E-state index < -0.39 is 5.91 Å². The fraction of sp³-hybridized carbons (Fsp3) is 0.0714. The van der Waals surface area contributed by atoms with Gasteiger partial charge in [-0.05, 0) is 24.6 Å². The number of rotatable bonds is 2. The van der Waals surface area contributed by atoms with Gasteiger partial charge in [-0.15, -0.1) is 0 Å². The van der Waals surface area contributed by atoms with Crippen molar-refractivity contribution in [1.82, 2.24) is 15.0 Å². The molecule has 0 spiro atoms. The monoisotopic (exact) mass is 252 g/mol. The molecule has 0 aromatic carbocycles. The molecular weight excluding hydrogens is 240 g/mol. The van der Waals surface area contributed by atoms with Crippen LogP contribution in [-0.2, 0) is 0 Å². The van der Waals surface area contributed by atoms with E-state index in [9.17, 15) is 4.79 Å². The lowest BCUT2D eigenvalue weighted by molar-refractivity contribution is 0.0999. The number of aromatic nitrogens is 3. The summed E-state index contributed by atoms with van der Waals surface area (Å²) < 4.78 is 0. The van der Waals surface area contributed by atoms with Crippen LogP contribution in [0.2, 0.25) is 0 Å². The Balaban J connectivity index is 2.20. The summed E-state index contributed by atoms with van der Waals surface area (Å²) in [7, 11) is 0. The molecule has 0 aliphatic heterocycles. The molecule has 0 radical (unpaired) electrons. The number of carbonyl (C=O) groups is 1. The number of amides is 1. The van der Waals surface area contributed by atoms with E-state index in [4.69, 9.17) is 5.73 Å². The molecule has 0 aliphatic rings. The smallest absolute Gasteiger partial charge is 0.249 e. The summed E-state index contributed by atoms with van der Waals surface area (Å²) in [5.41, 5.74) is 9.10. The van der Waals surface area contributed by atoms with Crippen molar-refractivity contribution in [3.8, 4) is 11.3 Å². The van der Waals surface area contributed by atoms with Crippen LogP contribution < -0.4 is 5.73 Å². The normalized spacial score (nSPS) is 10.8. The molecule has 0 atom stereocenters. The second-order valence-electron chi connectivity index (χ2n) is 4.35. The highest BCUT2D eigenvalue weighted by Gasteiger charge is 2.12. The Kier molecular flexibility index (Phi) is 2.52. The zero-order chi connectivity index (χ0) is 13.4. The van der Waals surface area contributed by atoms with Crippen LogP contribution in [0.3, 0.4) is 0 Å². The molecule has 0 aliphatic carbocycles. The minimum absolute atomic E-state index is 0.447. The summed E-state index contributed by atoms with van der Waals surface area (Å²) in [6.45, 7) is 1.84. The van der Waals surface area contributed by atoms with Gasteiger partial charge in [-0.3, -0.25) is 14.8 Å². The number of hydrogen-bond donors (Lipinski definition) is 2. The third-order valence-corrected chi connectivity index (χ3v) is 3.15. The number of primary amides is 1. The highest BCUT2D eigenvalue weighted by molar-refractivity contribution is 5.96. The van der Waals surface area contributed by atoms with E-state index in [0.29, 0.717) is 5.56 Å². The van der Waals surface area contributed by atoms with Gasteiger partial charge in [0.2, 0.25) is 5.91 Å². The SMILES string of the molecule is Cc1c(C(N)=O)ccnc1-c1cnc2c[nH]cc2c1. The van der Waals surface area contributed by atoms with Gasteiger partial charge in [0.25, 0.3) is 0 Å². The van der Waals surface area contributed by atoms with Gasteiger partial charge in [0.15, 0.2) is 0 Å². The number of nitrogens with two attached hydrogens (primary N) is 1. The van der Waals surface area contributed by atoms with E-state index in [1.165, 1.54) is 0 Å². The van der Waals surface area contributed by atoms with Gasteiger partial charge in [-0.2, -0.15) is 0 Å². The second kappa shape index (κ2) is 4.20. The van der Waals surface area contributed by atoms with Crippen molar-refractivity contribution in [1.29, 1.82) is 0 Å². The fourth-order valence-electron chi connectivity index (χ4n) is 2.16. The molecule has 0 unspecified atom stereocenters. The maximum atomic E-state index is 11.4. The van der Waals surface area contributed by atoms with Crippen LogP contribution in [0.4, 0.5) is 0 Å². The Labute approximate surface area is 109 Å². The van der Waals surface area contributed by atoms with Crippen molar-refractivity contribution in [2.24, 2.45) is 5.73 Å². The summed E-state index contributed by atoms with van der Waals surface area (Å²) in [6.07, 6.45) is 7.04. The van der Waals surface area contributed by atoms with Crippen LogP contribution >= 0.6 is 0 Å². The van der Waals surface area contributed by atoms with Crippen LogP contribution in [-0.4, -0.2) is 20.9 Å². The molecule has 1 amide bonds. The predicted octanol–water partition coefficient (Wildman–Crippen LogP) is 2.03. The van der Waals surface area contributed by atoms with Gasteiger partial charge >= 0.3 is 0 Å². The molecule has 5 heteroatoms. The van der Waals surface area contributed by atoms with E-state index in [1.54, 1.807) is 18.5 Å². The number of pyridine rings is 2. The number of nitrogens with zero attached hydrogens (tertiary/aromatic N) is 2. The first-order valence-electron chi connectivity index (χ1n) is 5.85. The first kappa shape index (κ1) is 11.4. The van der Waals surface area contributed by atoms with E-state index in [1.807, 2.05) is 25.4 Å². The van der Waals surface area contributed by atoms with Crippen molar-refractivity contribution < 1.29 is 4.79 Å². The van der Waals surface area contributed by atoms with Crippen molar-refractivity contribution in [3.63, 3.8) is 0 Å². The summed E-state index contributed by atoms with van der Waals surface area (Å²) in [4.78, 5) is 23.0. The van der Waals surface area contributed by atoms with Crippen LogP contribution in [0.1, 0.15) is 15.9 Å². The maximum Gasteiger partial charge on any atom is 0.249 e. The zero-order valence-electron chi connectivity index (χ0n) is 10.3. The highest BCUT2D eigenvalue weighted by atomic mass is 16.1. The van der Waals surface area contributed by atoms with Crippen molar-refractivity contribution in [2.45, 2.75) is 6.92 Å². The standard InChI is InChI=1S/C14H12N4O/c1-8-11(14(15)19)2-3-17-13(8)10-4-9-5-16-7-12(9)18-6-10/h2-7,16H,1H3,(H2,15,19). The molecule has 0 bridgehead atoms. The van der Waals surface area contributed by atoms with Crippen molar-refractivity contribution in [3.05, 3.63) is 48.0 Å². The molecule has 3 rings (SSSR count). The molecule has 0 fully saturated rings. The summed E-state index contributed by atoms with van der Waals surface area (Å²) in [5, 5.41) is 1.00. The zero-order valence-corrected chi connectivity index (χ0v) is 10.3. The van der Waals surface area contributed by atoms with Gasteiger partial charge in [-0.25, -0.2) is 0 Å². The number of carbonyl (C=O) groups excluding carboxylic acids is 1. The Morgan fingerprint density at radius 1 is 1.32 bits per heavy atom. The lowest BCUT2D eigenvalue weighted by atomic mass is 10.0. The maximum absolute atomic E-state index is 11.4. The number of hydrogen-bond acceptors (Lipinski definition) is 3. The van der Waals surface area contributed by atoms with E-state index in [-0.39, 0.29) is 0 Å². The Morgan fingerprint density at radius 3 is 2.95 bits per heavy atom. The second-order valence-corrected chi connectivity index (χ2v) is 4.35. The van der Waals surface area contributed by atoms with E-state index in [2.05, 4.69) is 15.0 Å². The molecule has 3 aromatic rings. The average molecular weight is 252 g/mol. The first-order chi connectivity index (χ1) is 9.16. The molecule has 3 N–H and O–H groups in total. The Hall–Kier alpha value is -2.69. The minimum atomic E-state index is -0.447.